The van der Waals surface area contributed by atoms with Crippen molar-refractivity contribution >= 4 is 20.5 Å². The number of alkyl halides is 2. The number of aliphatic carboxylic acids is 1. The summed E-state index contributed by atoms with van der Waals surface area (Å²) in [6.07, 6.45) is 3.85. The fraction of sp³-hybridized carbons (Fsp3) is 0.375. The quantitative estimate of drug-likeness (QED) is 0.425. The van der Waals surface area contributed by atoms with Gasteiger partial charge in [-0.3, -0.25) is 4.79 Å². The Bertz CT molecular complexity index is 948. The van der Waals surface area contributed by atoms with Crippen LogP contribution in [0.15, 0.2) is 53.6 Å². The molecule has 0 spiro atoms. The molecule has 6 heteroatoms. The molecule has 3 nitrogen and oxygen atoms in total. The lowest BCUT2D eigenvalue weighted by Crippen LogP contribution is -2.13. The zero-order valence-electron chi connectivity index (χ0n) is 17.1. The first-order chi connectivity index (χ1) is 14.2. The van der Waals surface area contributed by atoms with Gasteiger partial charge in [0.25, 0.3) is 5.92 Å². The van der Waals surface area contributed by atoms with Crippen molar-refractivity contribution in [3.8, 4) is 5.75 Å². The van der Waals surface area contributed by atoms with Crippen LogP contribution in [0.2, 0.25) is 0 Å². The Morgan fingerprint density at radius 2 is 1.93 bits per heavy atom. The summed E-state index contributed by atoms with van der Waals surface area (Å²) >= 11 is 0. The number of halogens is 2. The smallest absolute Gasteiger partial charge is 0.303 e. The molecule has 1 aliphatic carbocycles. The van der Waals surface area contributed by atoms with Gasteiger partial charge in [-0.2, -0.15) is 0 Å². The number of carboxylic acid groups (broad SMARTS) is 1. The predicted octanol–water partition coefficient (Wildman–Crippen LogP) is 5.42. The van der Waals surface area contributed by atoms with E-state index >= 15 is 0 Å². The molecule has 1 unspecified atom stereocenters. The molecular formula is C24H27F2O3P. The number of hydrogen-bond acceptors (Lipinski definition) is 2. The standard InChI is InChI=1S/C24H27F2O3P/c1-24(25,26)22-14-20(10-8-17(22)9-11-23(27)28)29-15-19-6-3-5-18(19)12-16-4-2-7-21(30)13-16/h2,4,7-8,10,13-14H,3,5-6,9,11-12,15,30H2,1H3,(H,27,28). The molecule has 0 saturated carbocycles. The van der Waals surface area contributed by atoms with Crippen LogP contribution in [0.1, 0.15) is 49.3 Å². The molecule has 2 aromatic carbocycles. The Morgan fingerprint density at radius 1 is 1.17 bits per heavy atom. The summed E-state index contributed by atoms with van der Waals surface area (Å²) in [5, 5.41) is 10.0. The van der Waals surface area contributed by atoms with Crippen molar-refractivity contribution in [1.82, 2.24) is 0 Å². The monoisotopic (exact) mass is 432 g/mol. The van der Waals surface area contributed by atoms with Gasteiger partial charge in [0.15, 0.2) is 0 Å². The van der Waals surface area contributed by atoms with Crippen molar-refractivity contribution in [2.24, 2.45) is 0 Å². The zero-order chi connectivity index (χ0) is 21.7. The number of allylic oxidation sites excluding steroid dienone is 1. The first kappa shape index (κ1) is 22.4. The summed E-state index contributed by atoms with van der Waals surface area (Å²) in [6.45, 7) is 1.22. The summed E-state index contributed by atoms with van der Waals surface area (Å²) in [6, 6.07) is 12.9. The maximum atomic E-state index is 14.1. The van der Waals surface area contributed by atoms with Crippen LogP contribution in [0.4, 0.5) is 8.78 Å². The van der Waals surface area contributed by atoms with E-state index in [-0.39, 0.29) is 18.4 Å². The van der Waals surface area contributed by atoms with Gasteiger partial charge >= 0.3 is 5.97 Å². The van der Waals surface area contributed by atoms with Crippen molar-refractivity contribution in [1.29, 1.82) is 0 Å². The Morgan fingerprint density at radius 3 is 2.63 bits per heavy atom. The molecule has 160 valence electrons. The molecule has 1 aliphatic rings. The fourth-order valence-electron chi connectivity index (χ4n) is 3.89. The molecule has 3 rings (SSSR count). The minimum atomic E-state index is -3.06. The van der Waals surface area contributed by atoms with Crippen LogP contribution in [-0.2, 0) is 23.6 Å². The first-order valence-electron chi connectivity index (χ1n) is 10.1. The SMILES string of the molecule is CC(F)(F)c1cc(OCC2=C(Cc3cccc(P)c3)CCC2)ccc1CCC(=O)O. The molecule has 1 N–H and O–H groups in total. The number of aryl methyl sites for hydroxylation is 1. The Balaban J connectivity index is 1.73. The van der Waals surface area contributed by atoms with E-state index in [0.717, 1.165) is 37.9 Å². The molecule has 0 bridgehead atoms. The van der Waals surface area contributed by atoms with Gasteiger partial charge in [-0.05, 0) is 66.2 Å². The zero-order valence-corrected chi connectivity index (χ0v) is 18.2. The van der Waals surface area contributed by atoms with E-state index in [9.17, 15) is 13.6 Å². The molecule has 1 atom stereocenters. The molecule has 0 saturated heterocycles. The second-order valence-electron chi connectivity index (χ2n) is 7.87. The number of rotatable bonds is 9. The minimum absolute atomic E-state index is 0.0679. The first-order valence-corrected chi connectivity index (χ1v) is 10.7. The van der Waals surface area contributed by atoms with Crippen molar-refractivity contribution in [3.63, 3.8) is 0 Å². The van der Waals surface area contributed by atoms with Crippen LogP contribution in [0, 0.1) is 0 Å². The molecular weight excluding hydrogens is 405 g/mol. The molecule has 0 fully saturated rings. The summed E-state index contributed by atoms with van der Waals surface area (Å²) in [5.74, 6) is -3.68. The summed E-state index contributed by atoms with van der Waals surface area (Å²) in [7, 11) is 2.71. The number of hydrogen-bond donors (Lipinski definition) is 1. The Kier molecular flexibility index (Phi) is 7.25. The number of ether oxygens (including phenoxy) is 1. The third-order valence-corrected chi connectivity index (χ3v) is 5.76. The predicted molar refractivity (Wildman–Crippen MR) is 118 cm³/mol. The molecule has 0 amide bonds. The van der Waals surface area contributed by atoms with E-state index < -0.39 is 11.9 Å². The third kappa shape index (κ3) is 6.12. The normalized spacial score (nSPS) is 14.3. The second-order valence-corrected chi connectivity index (χ2v) is 8.54. The van der Waals surface area contributed by atoms with Gasteiger partial charge in [0.2, 0.25) is 0 Å². The average molecular weight is 432 g/mol. The summed E-state index contributed by atoms with van der Waals surface area (Å²) < 4.78 is 34.1. The van der Waals surface area contributed by atoms with Gasteiger partial charge in [0.1, 0.15) is 12.4 Å². The van der Waals surface area contributed by atoms with Crippen LogP contribution in [0.3, 0.4) is 0 Å². The molecule has 2 aromatic rings. The van der Waals surface area contributed by atoms with Gasteiger partial charge in [-0.1, -0.05) is 35.9 Å². The highest BCUT2D eigenvalue weighted by Crippen LogP contribution is 2.34. The van der Waals surface area contributed by atoms with E-state index in [1.54, 1.807) is 12.1 Å². The van der Waals surface area contributed by atoms with Gasteiger partial charge < -0.3 is 9.84 Å². The van der Waals surface area contributed by atoms with E-state index in [1.807, 2.05) is 12.1 Å². The van der Waals surface area contributed by atoms with Crippen molar-refractivity contribution in [2.75, 3.05) is 6.61 Å². The maximum Gasteiger partial charge on any atom is 0.303 e. The van der Waals surface area contributed by atoms with Crippen LogP contribution < -0.4 is 10.0 Å². The summed E-state index contributed by atoms with van der Waals surface area (Å²) in [4.78, 5) is 10.8. The van der Waals surface area contributed by atoms with Gasteiger partial charge in [0.05, 0.1) is 0 Å². The van der Waals surface area contributed by atoms with Crippen molar-refractivity contribution in [3.05, 3.63) is 70.3 Å². The molecule has 30 heavy (non-hydrogen) atoms. The Hall–Kier alpha value is -2.26. The number of carboxylic acids is 1. The molecule has 0 radical (unpaired) electrons. The van der Waals surface area contributed by atoms with E-state index in [2.05, 4.69) is 21.4 Å². The third-order valence-electron chi connectivity index (χ3n) is 5.40. The lowest BCUT2D eigenvalue weighted by atomic mass is 9.98. The van der Waals surface area contributed by atoms with E-state index in [1.165, 1.54) is 22.8 Å². The van der Waals surface area contributed by atoms with Crippen LogP contribution in [-0.4, -0.2) is 17.7 Å². The van der Waals surface area contributed by atoms with E-state index in [0.29, 0.717) is 17.9 Å². The fourth-order valence-corrected chi connectivity index (χ4v) is 4.22. The van der Waals surface area contributed by atoms with Crippen LogP contribution in [0.25, 0.3) is 0 Å². The molecule has 0 aromatic heterocycles. The van der Waals surface area contributed by atoms with Crippen molar-refractivity contribution < 1.29 is 23.4 Å². The minimum Gasteiger partial charge on any atom is -0.489 e. The highest BCUT2D eigenvalue weighted by molar-refractivity contribution is 7.27. The largest absolute Gasteiger partial charge is 0.489 e. The summed E-state index contributed by atoms with van der Waals surface area (Å²) in [5.41, 5.74) is 4.04. The van der Waals surface area contributed by atoms with Gasteiger partial charge in [-0.15, -0.1) is 9.24 Å². The highest BCUT2D eigenvalue weighted by Gasteiger charge is 2.28. The average Bonchev–Trinajstić information content (AvgIpc) is 3.11. The molecule has 0 heterocycles. The van der Waals surface area contributed by atoms with Crippen molar-refractivity contribution in [2.45, 2.75) is 51.4 Å². The maximum absolute atomic E-state index is 14.1. The van der Waals surface area contributed by atoms with Crippen LogP contribution >= 0.6 is 9.24 Å². The number of carbonyl (C=O) groups is 1. The second kappa shape index (κ2) is 9.70. The lowest BCUT2D eigenvalue weighted by molar-refractivity contribution is -0.137. The molecule has 0 aliphatic heterocycles. The lowest BCUT2D eigenvalue weighted by Gasteiger charge is -2.18. The van der Waals surface area contributed by atoms with Crippen LogP contribution in [0.5, 0.6) is 5.75 Å². The Labute approximate surface area is 178 Å². The number of benzene rings is 2. The van der Waals surface area contributed by atoms with Gasteiger partial charge in [-0.25, -0.2) is 8.78 Å². The van der Waals surface area contributed by atoms with Gasteiger partial charge in [0, 0.05) is 18.9 Å². The van der Waals surface area contributed by atoms with E-state index in [4.69, 9.17) is 9.84 Å². The highest BCUT2D eigenvalue weighted by atomic mass is 31.0. The topological polar surface area (TPSA) is 46.5 Å².